The Kier molecular flexibility index (Phi) is 4.62. The van der Waals surface area contributed by atoms with Crippen molar-refractivity contribution < 1.29 is 4.79 Å². The molecule has 0 bridgehead atoms. The molecule has 2 heterocycles. The molecule has 2 aromatic heterocycles. The topological polar surface area (TPSA) is 96.5 Å². The number of nitrogens with one attached hydrogen (secondary N) is 2. The third kappa shape index (κ3) is 3.51. The van der Waals surface area contributed by atoms with Crippen molar-refractivity contribution >= 4 is 17.5 Å². The Balaban J connectivity index is 1.99. The Morgan fingerprint density at radius 2 is 2.25 bits per heavy atom. The van der Waals surface area contributed by atoms with Gasteiger partial charge in [0.15, 0.2) is 0 Å². The van der Waals surface area contributed by atoms with Gasteiger partial charge in [-0.1, -0.05) is 25.4 Å². The van der Waals surface area contributed by atoms with Crippen molar-refractivity contribution in [2.24, 2.45) is 0 Å². The summed E-state index contributed by atoms with van der Waals surface area (Å²) in [6, 6.07) is 0. The van der Waals surface area contributed by atoms with Gasteiger partial charge in [-0.2, -0.15) is 5.10 Å². The number of hydrogen-bond acceptors (Lipinski definition) is 5. The number of carbonyl (C=O) groups excluding carboxylic acids is 1. The van der Waals surface area contributed by atoms with E-state index in [1.807, 2.05) is 13.8 Å². The van der Waals surface area contributed by atoms with Crippen LogP contribution in [0.2, 0.25) is 5.02 Å². The number of hydrogen-bond donors (Lipinski definition) is 2. The van der Waals surface area contributed by atoms with Gasteiger partial charge in [0, 0.05) is 18.9 Å². The molecule has 7 nitrogen and oxygen atoms in total. The molecule has 0 aliphatic heterocycles. The summed E-state index contributed by atoms with van der Waals surface area (Å²) >= 11 is 5.96. The van der Waals surface area contributed by atoms with E-state index in [1.54, 1.807) is 0 Å². The molecule has 0 spiro atoms. The van der Waals surface area contributed by atoms with Crippen LogP contribution in [0, 0.1) is 0 Å². The summed E-state index contributed by atoms with van der Waals surface area (Å²) < 4.78 is 0. The molecule has 0 saturated heterocycles. The first kappa shape index (κ1) is 14.4. The Bertz CT molecular complexity index is 584. The third-order valence-electron chi connectivity index (χ3n) is 2.61. The number of rotatable bonds is 5. The first-order valence-electron chi connectivity index (χ1n) is 6.22. The summed E-state index contributed by atoms with van der Waals surface area (Å²) in [5, 5.41) is 9.44. The van der Waals surface area contributed by atoms with Gasteiger partial charge in [0.1, 0.15) is 23.7 Å². The molecule has 0 fully saturated rings. The van der Waals surface area contributed by atoms with Crippen LogP contribution in [-0.2, 0) is 6.42 Å². The second-order valence-corrected chi connectivity index (χ2v) is 4.92. The van der Waals surface area contributed by atoms with E-state index >= 15 is 0 Å². The van der Waals surface area contributed by atoms with Gasteiger partial charge < -0.3 is 5.32 Å². The number of nitrogens with zero attached hydrogens (tertiary/aromatic N) is 4. The number of amides is 1. The highest BCUT2D eigenvalue weighted by molar-refractivity contribution is 6.33. The van der Waals surface area contributed by atoms with E-state index in [0.717, 1.165) is 0 Å². The number of aromatic amines is 1. The first-order chi connectivity index (χ1) is 9.58. The predicted molar refractivity (Wildman–Crippen MR) is 73.6 cm³/mol. The Labute approximate surface area is 121 Å². The van der Waals surface area contributed by atoms with Crippen LogP contribution in [0.1, 0.15) is 41.9 Å². The fourth-order valence-electron chi connectivity index (χ4n) is 1.55. The van der Waals surface area contributed by atoms with Crippen LogP contribution in [0.15, 0.2) is 12.5 Å². The lowest BCUT2D eigenvalue weighted by Crippen LogP contribution is -2.27. The molecule has 2 aromatic rings. The summed E-state index contributed by atoms with van der Waals surface area (Å²) in [6.07, 6.45) is 3.44. The van der Waals surface area contributed by atoms with E-state index in [4.69, 9.17) is 11.6 Å². The molecule has 0 unspecified atom stereocenters. The highest BCUT2D eigenvalue weighted by Gasteiger charge is 2.15. The van der Waals surface area contributed by atoms with Crippen molar-refractivity contribution in [3.8, 4) is 0 Å². The van der Waals surface area contributed by atoms with E-state index in [9.17, 15) is 4.79 Å². The van der Waals surface area contributed by atoms with Crippen molar-refractivity contribution in [1.82, 2.24) is 30.5 Å². The Morgan fingerprint density at radius 1 is 1.45 bits per heavy atom. The largest absolute Gasteiger partial charge is 0.350 e. The Hall–Kier alpha value is -2.02. The van der Waals surface area contributed by atoms with Gasteiger partial charge >= 0.3 is 0 Å². The second-order valence-electron chi connectivity index (χ2n) is 4.52. The lowest BCUT2D eigenvalue weighted by atomic mass is 10.2. The molecule has 1 amide bonds. The minimum Gasteiger partial charge on any atom is -0.350 e. The van der Waals surface area contributed by atoms with Crippen LogP contribution in [0.25, 0.3) is 0 Å². The lowest BCUT2D eigenvalue weighted by Gasteiger charge is -2.08. The molecule has 106 valence electrons. The summed E-state index contributed by atoms with van der Waals surface area (Å²) in [5.41, 5.74) is 0.197. The first-order valence-corrected chi connectivity index (χ1v) is 6.60. The van der Waals surface area contributed by atoms with Gasteiger partial charge in [-0.3, -0.25) is 9.89 Å². The van der Waals surface area contributed by atoms with Crippen LogP contribution in [0.3, 0.4) is 0 Å². The van der Waals surface area contributed by atoms with Gasteiger partial charge in [-0.15, -0.1) is 0 Å². The maximum absolute atomic E-state index is 12.0. The van der Waals surface area contributed by atoms with Crippen LogP contribution in [0.4, 0.5) is 0 Å². The molecular weight excluding hydrogens is 280 g/mol. The average Bonchev–Trinajstić information content (AvgIpc) is 2.92. The smallest absolute Gasteiger partial charge is 0.271 e. The number of H-pyrrole nitrogens is 1. The standard InChI is InChI=1S/C12H15ClN6O/c1-7(2)11-15-5-8(13)10(18-11)12(20)14-4-3-9-16-6-17-19-9/h5-7H,3-4H2,1-2H3,(H,14,20)(H,16,17,19). The van der Waals surface area contributed by atoms with E-state index in [-0.39, 0.29) is 22.5 Å². The zero-order chi connectivity index (χ0) is 14.5. The van der Waals surface area contributed by atoms with Gasteiger partial charge in [0.05, 0.1) is 11.2 Å². The number of aromatic nitrogens is 5. The molecule has 0 aliphatic carbocycles. The molecule has 0 radical (unpaired) electrons. The van der Waals surface area contributed by atoms with Crippen LogP contribution in [-0.4, -0.2) is 37.6 Å². The number of carbonyl (C=O) groups is 1. The predicted octanol–water partition coefficient (Wildman–Crippen LogP) is 1.34. The fraction of sp³-hybridized carbons (Fsp3) is 0.417. The normalized spacial score (nSPS) is 10.8. The molecule has 2 N–H and O–H groups in total. The fourth-order valence-corrected chi connectivity index (χ4v) is 1.72. The zero-order valence-corrected chi connectivity index (χ0v) is 12.0. The van der Waals surface area contributed by atoms with E-state index in [2.05, 4.69) is 30.5 Å². The highest BCUT2D eigenvalue weighted by Crippen LogP contribution is 2.16. The zero-order valence-electron chi connectivity index (χ0n) is 11.2. The molecule has 0 aliphatic rings. The van der Waals surface area contributed by atoms with Crippen molar-refractivity contribution in [3.05, 3.63) is 34.9 Å². The molecule has 20 heavy (non-hydrogen) atoms. The van der Waals surface area contributed by atoms with Gasteiger partial charge in [-0.05, 0) is 0 Å². The van der Waals surface area contributed by atoms with Crippen LogP contribution < -0.4 is 5.32 Å². The highest BCUT2D eigenvalue weighted by atomic mass is 35.5. The third-order valence-corrected chi connectivity index (χ3v) is 2.88. The Morgan fingerprint density at radius 3 is 2.90 bits per heavy atom. The van der Waals surface area contributed by atoms with Gasteiger partial charge in [0.25, 0.3) is 5.91 Å². The molecular formula is C12H15ClN6O. The second kappa shape index (κ2) is 6.42. The SMILES string of the molecule is CC(C)c1ncc(Cl)c(C(=O)NCCc2ncn[nH]2)n1. The quantitative estimate of drug-likeness (QED) is 0.867. The molecule has 0 saturated carbocycles. The average molecular weight is 295 g/mol. The monoisotopic (exact) mass is 294 g/mol. The van der Waals surface area contributed by atoms with Crippen molar-refractivity contribution in [1.29, 1.82) is 0 Å². The van der Waals surface area contributed by atoms with E-state index < -0.39 is 0 Å². The molecule has 0 aromatic carbocycles. The summed E-state index contributed by atoms with van der Waals surface area (Å²) in [5.74, 6) is 1.11. The van der Waals surface area contributed by atoms with Crippen molar-refractivity contribution in [2.75, 3.05) is 6.54 Å². The minimum absolute atomic E-state index is 0.132. The van der Waals surface area contributed by atoms with E-state index in [1.165, 1.54) is 12.5 Å². The lowest BCUT2D eigenvalue weighted by molar-refractivity contribution is 0.0948. The summed E-state index contributed by atoms with van der Waals surface area (Å²) in [7, 11) is 0. The molecule has 8 heteroatoms. The molecule has 2 rings (SSSR count). The van der Waals surface area contributed by atoms with Crippen molar-refractivity contribution in [2.45, 2.75) is 26.2 Å². The molecule has 0 atom stereocenters. The van der Waals surface area contributed by atoms with Gasteiger partial charge in [-0.25, -0.2) is 15.0 Å². The van der Waals surface area contributed by atoms with Gasteiger partial charge in [0.2, 0.25) is 0 Å². The minimum atomic E-state index is -0.321. The number of halogens is 1. The van der Waals surface area contributed by atoms with E-state index in [0.29, 0.717) is 24.6 Å². The van der Waals surface area contributed by atoms with Crippen LogP contribution >= 0.6 is 11.6 Å². The maximum atomic E-state index is 12.0. The summed E-state index contributed by atoms with van der Waals surface area (Å²) in [6.45, 7) is 4.33. The van der Waals surface area contributed by atoms with Crippen LogP contribution in [0.5, 0.6) is 0 Å². The summed E-state index contributed by atoms with van der Waals surface area (Å²) in [4.78, 5) is 24.3. The maximum Gasteiger partial charge on any atom is 0.271 e. The van der Waals surface area contributed by atoms with Crippen molar-refractivity contribution in [3.63, 3.8) is 0 Å².